The zero-order valence-electron chi connectivity index (χ0n) is 11.8. The summed E-state index contributed by atoms with van der Waals surface area (Å²) in [6, 6.07) is 7.08. The number of methoxy groups -OCH3 is 1. The second-order valence-corrected chi connectivity index (χ2v) is 5.62. The molecule has 2 fully saturated rings. The van der Waals surface area contributed by atoms with Gasteiger partial charge in [-0.2, -0.15) is 0 Å². The molecule has 19 heavy (non-hydrogen) atoms. The Morgan fingerprint density at radius 2 is 2.00 bits per heavy atom. The van der Waals surface area contributed by atoms with Gasteiger partial charge in [-0.05, 0) is 62.4 Å². The smallest absolute Gasteiger partial charge is 0.119 e. The normalized spacial score (nSPS) is 23.6. The van der Waals surface area contributed by atoms with Crippen LogP contribution in [0, 0.1) is 0 Å². The number of benzene rings is 1. The van der Waals surface area contributed by atoms with Gasteiger partial charge in [0.1, 0.15) is 5.75 Å². The minimum Gasteiger partial charge on any atom is -0.497 e. The number of rotatable bonds is 3. The van der Waals surface area contributed by atoms with Crippen molar-refractivity contribution < 1.29 is 4.74 Å². The molecule has 1 aromatic carbocycles. The lowest BCUT2D eigenvalue weighted by molar-refractivity contribution is 0.413. The molecular weight excluding hydrogens is 236 g/mol. The van der Waals surface area contributed by atoms with E-state index in [1.807, 2.05) is 0 Å². The average Bonchev–Trinajstić information content (AvgIpc) is 3.01. The molecule has 1 N–H and O–H groups in total. The lowest BCUT2D eigenvalue weighted by atomic mass is 10.00. The van der Waals surface area contributed by atoms with Crippen LogP contribution in [0.5, 0.6) is 5.75 Å². The third kappa shape index (κ3) is 2.71. The quantitative estimate of drug-likeness (QED) is 0.903. The predicted octanol–water partition coefficient (Wildman–Crippen LogP) is 3.11. The van der Waals surface area contributed by atoms with Crippen molar-refractivity contribution in [3.05, 3.63) is 23.8 Å². The molecule has 1 aromatic rings. The van der Waals surface area contributed by atoms with Crippen LogP contribution in [-0.4, -0.2) is 26.7 Å². The summed E-state index contributed by atoms with van der Waals surface area (Å²) in [7, 11) is 1.75. The van der Waals surface area contributed by atoms with Crippen LogP contribution in [0.3, 0.4) is 0 Å². The van der Waals surface area contributed by atoms with E-state index in [0.717, 1.165) is 12.3 Å². The lowest BCUT2D eigenvalue weighted by Crippen LogP contribution is -2.31. The maximum Gasteiger partial charge on any atom is 0.119 e. The van der Waals surface area contributed by atoms with E-state index < -0.39 is 0 Å². The molecule has 2 heterocycles. The molecule has 1 unspecified atom stereocenters. The molecule has 2 aliphatic rings. The van der Waals surface area contributed by atoms with E-state index in [0.29, 0.717) is 6.04 Å². The predicted molar refractivity (Wildman–Crippen MR) is 79.0 cm³/mol. The monoisotopic (exact) mass is 260 g/mol. The second-order valence-electron chi connectivity index (χ2n) is 5.62. The Bertz CT molecular complexity index is 421. The summed E-state index contributed by atoms with van der Waals surface area (Å²) in [6.45, 7) is 3.54. The molecule has 3 heteroatoms. The van der Waals surface area contributed by atoms with E-state index in [-0.39, 0.29) is 0 Å². The van der Waals surface area contributed by atoms with Crippen molar-refractivity contribution in [2.24, 2.45) is 0 Å². The van der Waals surface area contributed by atoms with Crippen molar-refractivity contribution in [3.8, 4) is 5.75 Å². The first-order valence-corrected chi connectivity index (χ1v) is 7.55. The molecule has 0 aromatic heterocycles. The highest BCUT2D eigenvalue weighted by molar-refractivity contribution is 5.58. The Morgan fingerprint density at radius 1 is 1.16 bits per heavy atom. The Balaban J connectivity index is 1.92. The molecular formula is C16H24N2O. The number of nitrogens with zero attached hydrogens (tertiary/aromatic N) is 1. The van der Waals surface area contributed by atoms with Gasteiger partial charge in [-0.3, -0.25) is 0 Å². The fraction of sp³-hybridized carbons (Fsp3) is 0.625. The largest absolute Gasteiger partial charge is 0.497 e. The van der Waals surface area contributed by atoms with E-state index in [1.165, 1.54) is 56.4 Å². The van der Waals surface area contributed by atoms with Gasteiger partial charge in [-0.25, -0.2) is 0 Å². The summed E-state index contributed by atoms with van der Waals surface area (Å²) in [5, 5.41) is 3.62. The number of ether oxygens (including phenoxy) is 1. The molecule has 2 saturated heterocycles. The van der Waals surface area contributed by atoms with E-state index in [1.54, 1.807) is 7.11 Å². The van der Waals surface area contributed by atoms with Gasteiger partial charge in [0.05, 0.1) is 7.11 Å². The van der Waals surface area contributed by atoms with Crippen LogP contribution >= 0.6 is 0 Å². The van der Waals surface area contributed by atoms with Crippen LogP contribution in [0.4, 0.5) is 5.69 Å². The molecule has 3 nitrogen and oxygen atoms in total. The summed E-state index contributed by atoms with van der Waals surface area (Å²) in [5.74, 6) is 0.976. The average molecular weight is 260 g/mol. The van der Waals surface area contributed by atoms with E-state index >= 15 is 0 Å². The summed E-state index contributed by atoms with van der Waals surface area (Å²) in [6.07, 6.45) is 6.55. The zero-order valence-corrected chi connectivity index (χ0v) is 11.8. The highest BCUT2D eigenvalue weighted by Gasteiger charge is 2.23. The van der Waals surface area contributed by atoms with Gasteiger partial charge in [-0.15, -0.1) is 0 Å². The van der Waals surface area contributed by atoms with E-state index in [2.05, 4.69) is 28.4 Å². The molecule has 0 amide bonds. The number of hydrogen-bond donors (Lipinski definition) is 1. The minimum absolute atomic E-state index is 0.507. The summed E-state index contributed by atoms with van der Waals surface area (Å²) in [4.78, 5) is 2.55. The van der Waals surface area contributed by atoms with Crippen molar-refractivity contribution in [1.29, 1.82) is 0 Å². The standard InChI is InChI=1S/C16H24N2O/c1-19-13-7-8-16(18-10-3-2-4-11-18)14(12-13)15-6-5-9-17-15/h7-8,12,15,17H,2-6,9-11H2,1H3. The van der Waals surface area contributed by atoms with Crippen LogP contribution in [0.15, 0.2) is 18.2 Å². The van der Waals surface area contributed by atoms with E-state index in [9.17, 15) is 0 Å². The summed E-state index contributed by atoms with van der Waals surface area (Å²) in [5.41, 5.74) is 2.85. The van der Waals surface area contributed by atoms with Gasteiger partial charge < -0.3 is 15.0 Å². The van der Waals surface area contributed by atoms with Gasteiger partial charge in [0.15, 0.2) is 0 Å². The van der Waals surface area contributed by atoms with Crippen molar-refractivity contribution in [3.63, 3.8) is 0 Å². The fourth-order valence-corrected chi connectivity index (χ4v) is 3.31. The maximum atomic E-state index is 5.41. The van der Waals surface area contributed by atoms with Crippen LogP contribution in [0.2, 0.25) is 0 Å². The van der Waals surface area contributed by atoms with Gasteiger partial charge in [0, 0.05) is 24.8 Å². The molecule has 104 valence electrons. The van der Waals surface area contributed by atoms with Crippen LogP contribution in [0.1, 0.15) is 43.7 Å². The first-order chi connectivity index (χ1) is 9.38. The molecule has 0 spiro atoms. The molecule has 3 rings (SSSR count). The lowest BCUT2D eigenvalue weighted by Gasteiger charge is -2.32. The Hall–Kier alpha value is -1.22. The Morgan fingerprint density at radius 3 is 2.68 bits per heavy atom. The summed E-state index contributed by atoms with van der Waals surface area (Å²) < 4.78 is 5.41. The summed E-state index contributed by atoms with van der Waals surface area (Å²) >= 11 is 0. The number of hydrogen-bond acceptors (Lipinski definition) is 3. The first-order valence-electron chi connectivity index (χ1n) is 7.55. The van der Waals surface area contributed by atoms with Crippen molar-refractivity contribution in [1.82, 2.24) is 5.32 Å². The SMILES string of the molecule is COc1ccc(N2CCCCC2)c(C2CCCN2)c1. The molecule has 0 radical (unpaired) electrons. The number of nitrogens with one attached hydrogen (secondary N) is 1. The Labute approximate surface area is 115 Å². The number of anilines is 1. The highest BCUT2D eigenvalue weighted by Crippen LogP contribution is 2.35. The van der Waals surface area contributed by atoms with Crippen molar-refractivity contribution >= 4 is 5.69 Å². The molecule has 0 bridgehead atoms. The topological polar surface area (TPSA) is 24.5 Å². The van der Waals surface area contributed by atoms with Gasteiger partial charge in [0.2, 0.25) is 0 Å². The number of piperidine rings is 1. The minimum atomic E-state index is 0.507. The molecule has 0 saturated carbocycles. The molecule has 0 aliphatic carbocycles. The van der Waals surface area contributed by atoms with E-state index in [4.69, 9.17) is 4.74 Å². The zero-order chi connectivity index (χ0) is 13.1. The van der Waals surface area contributed by atoms with Crippen molar-refractivity contribution in [2.75, 3.05) is 31.6 Å². The van der Waals surface area contributed by atoms with Gasteiger partial charge >= 0.3 is 0 Å². The Kier molecular flexibility index (Phi) is 3.92. The second kappa shape index (κ2) is 5.83. The fourth-order valence-electron chi connectivity index (χ4n) is 3.31. The van der Waals surface area contributed by atoms with Crippen molar-refractivity contribution in [2.45, 2.75) is 38.1 Å². The van der Waals surface area contributed by atoms with Crippen LogP contribution in [-0.2, 0) is 0 Å². The van der Waals surface area contributed by atoms with Crippen LogP contribution < -0.4 is 15.0 Å². The third-order valence-electron chi connectivity index (χ3n) is 4.37. The van der Waals surface area contributed by atoms with Crippen LogP contribution in [0.25, 0.3) is 0 Å². The molecule has 1 atom stereocenters. The third-order valence-corrected chi connectivity index (χ3v) is 4.37. The van der Waals surface area contributed by atoms with Gasteiger partial charge in [-0.1, -0.05) is 0 Å². The highest BCUT2D eigenvalue weighted by atomic mass is 16.5. The maximum absolute atomic E-state index is 5.41. The van der Waals surface area contributed by atoms with Gasteiger partial charge in [0.25, 0.3) is 0 Å². The molecule has 2 aliphatic heterocycles. The first kappa shape index (κ1) is 12.8.